The number of aliphatic hydroxyl groups is 1. The highest BCUT2D eigenvalue weighted by atomic mass is 31.2. The monoisotopic (exact) mass is 1170 g/mol. The van der Waals surface area contributed by atoms with E-state index in [1.54, 1.807) is 0 Å². The van der Waals surface area contributed by atoms with Crippen LogP contribution < -0.4 is 0 Å². The van der Waals surface area contributed by atoms with Crippen molar-refractivity contribution in [2.75, 3.05) is 26.4 Å². The van der Waals surface area contributed by atoms with Gasteiger partial charge in [0.1, 0.15) is 12.7 Å². The molecule has 0 aromatic carbocycles. The molecule has 3 atom stereocenters. The lowest BCUT2D eigenvalue weighted by molar-refractivity contribution is -0.161. The van der Waals surface area contributed by atoms with Crippen molar-refractivity contribution < 1.29 is 52.2 Å². The minimum absolute atomic E-state index is 0.145. The van der Waals surface area contributed by atoms with Crippen LogP contribution in [0.4, 0.5) is 0 Å². The molecule has 0 fully saturated rings. The Hall–Kier alpha value is -3.60. The molecule has 0 aliphatic rings. The van der Waals surface area contributed by atoms with Crippen molar-refractivity contribution in [3.8, 4) is 0 Å². The molecule has 0 aliphatic carbocycles. The van der Waals surface area contributed by atoms with Crippen LogP contribution in [0, 0.1) is 0 Å². The summed E-state index contributed by atoms with van der Waals surface area (Å²) in [7, 11) is -4.77. The van der Waals surface area contributed by atoms with E-state index in [-0.39, 0.29) is 25.9 Å². The molecular formula is C70H121O11P. The largest absolute Gasteiger partial charge is 0.472 e. The third kappa shape index (κ3) is 61.0. The Morgan fingerprint density at radius 2 is 0.634 bits per heavy atom. The fourth-order valence-corrected chi connectivity index (χ4v) is 9.83. The predicted octanol–water partition coefficient (Wildman–Crippen LogP) is 20.4. The molecule has 0 saturated heterocycles. The zero-order valence-electron chi connectivity index (χ0n) is 52.4. The number of phosphoric acid groups is 1. The predicted molar refractivity (Wildman–Crippen MR) is 344 cm³/mol. The van der Waals surface area contributed by atoms with E-state index in [0.29, 0.717) is 19.3 Å². The quantitative estimate of drug-likeness (QED) is 0.0197. The number of ether oxygens (including phenoxy) is 3. The minimum Gasteiger partial charge on any atom is -0.462 e. The number of unbranched alkanes of at least 4 members (excludes halogenated alkanes) is 28. The standard InChI is InChI=1S/C70H121O11P/c1-4-7-10-13-16-19-22-25-28-31-33-36-38-41-44-47-50-53-56-59-68(72)77-63-67(81-70(74)61-58-55-52-49-46-43-40-37-34-32-29-26-23-20-17-14-11-8-5-2)65-79-82(75,76)78-64-66(62-71)80-69(73)60-57-54-51-48-45-42-39-35-30-27-24-21-18-15-12-9-6-3/h8-9,11-12,17-18,20-21,26-27,29-30,34,37,39,42,66-67,71H,4-7,10,13-16,19,22-25,28,31-33,35-36,38,40-41,43-65H2,1-3H3,(H,75,76)/b11-8-,12-9-,20-17-,21-18-,29-26-,30-27-,37-34-,42-39-. The van der Waals surface area contributed by atoms with Crippen molar-refractivity contribution in [3.05, 3.63) is 97.2 Å². The smallest absolute Gasteiger partial charge is 0.462 e. The van der Waals surface area contributed by atoms with Gasteiger partial charge in [0.15, 0.2) is 6.10 Å². The molecule has 0 amide bonds. The Bertz CT molecular complexity index is 1750. The molecule has 0 saturated carbocycles. The van der Waals surface area contributed by atoms with Crippen LogP contribution in [0.1, 0.15) is 290 Å². The summed E-state index contributed by atoms with van der Waals surface area (Å²) < 4.78 is 39.7. The first-order valence-electron chi connectivity index (χ1n) is 33.1. The van der Waals surface area contributed by atoms with Gasteiger partial charge >= 0.3 is 25.7 Å². The van der Waals surface area contributed by atoms with Crippen LogP contribution >= 0.6 is 7.82 Å². The van der Waals surface area contributed by atoms with Gasteiger partial charge in [0.2, 0.25) is 0 Å². The summed E-state index contributed by atoms with van der Waals surface area (Å²) >= 11 is 0. The van der Waals surface area contributed by atoms with Crippen LogP contribution in [0.25, 0.3) is 0 Å². The third-order valence-corrected chi connectivity index (χ3v) is 15.0. The topological polar surface area (TPSA) is 155 Å². The Labute approximate surface area is 502 Å². The Morgan fingerprint density at radius 3 is 0.976 bits per heavy atom. The van der Waals surface area contributed by atoms with Crippen molar-refractivity contribution >= 4 is 25.7 Å². The molecule has 82 heavy (non-hydrogen) atoms. The Balaban J connectivity index is 4.73. The number of allylic oxidation sites excluding steroid dienone is 16. The number of hydrogen-bond acceptors (Lipinski definition) is 10. The van der Waals surface area contributed by atoms with Crippen molar-refractivity contribution in [2.45, 2.75) is 303 Å². The van der Waals surface area contributed by atoms with Crippen LogP contribution in [0.15, 0.2) is 97.2 Å². The summed E-state index contributed by atoms with van der Waals surface area (Å²) in [5.74, 6) is -1.50. The van der Waals surface area contributed by atoms with Gasteiger partial charge < -0.3 is 24.2 Å². The fourth-order valence-electron chi connectivity index (χ4n) is 9.05. The van der Waals surface area contributed by atoms with Gasteiger partial charge in [-0.2, -0.15) is 0 Å². The third-order valence-electron chi connectivity index (χ3n) is 14.0. The maximum Gasteiger partial charge on any atom is 0.472 e. The van der Waals surface area contributed by atoms with Gasteiger partial charge in [-0.1, -0.05) is 272 Å². The van der Waals surface area contributed by atoms with Crippen molar-refractivity contribution in [2.24, 2.45) is 0 Å². The summed E-state index contributed by atoms with van der Waals surface area (Å²) in [6, 6.07) is 0. The molecule has 0 aliphatic heterocycles. The van der Waals surface area contributed by atoms with Crippen LogP contribution in [-0.4, -0.2) is 66.5 Å². The van der Waals surface area contributed by atoms with Gasteiger partial charge in [0.05, 0.1) is 19.8 Å². The highest BCUT2D eigenvalue weighted by Crippen LogP contribution is 2.43. The average Bonchev–Trinajstić information content (AvgIpc) is 3.50. The van der Waals surface area contributed by atoms with Crippen molar-refractivity contribution in [1.82, 2.24) is 0 Å². The van der Waals surface area contributed by atoms with Gasteiger partial charge in [0, 0.05) is 19.3 Å². The van der Waals surface area contributed by atoms with Crippen LogP contribution in [0.2, 0.25) is 0 Å². The minimum atomic E-state index is -4.77. The molecule has 0 radical (unpaired) electrons. The van der Waals surface area contributed by atoms with Gasteiger partial charge in [-0.25, -0.2) is 4.57 Å². The summed E-state index contributed by atoms with van der Waals surface area (Å²) in [6.45, 7) is 4.42. The zero-order chi connectivity index (χ0) is 59.8. The molecular weight excluding hydrogens is 1050 g/mol. The summed E-state index contributed by atoms with van der Waals surface area (Å²) in [5, 5.41) is 9.86. The molecule has 12 heteroatoms. The first-order valence-corrected chi connectivity index (χ1v) is 34.6. The number of hydrogen-bond donors (Lipinski definition) is 2. The van der Waals surface area contributed by atoms with E-state index in [2.05, 4.69) is 118 Å². The van der Waals surface area contributed by atoms with E-state index in [1.165, 1.54) is 96.3 Å². The van der Waals surface area contributed by atoms with E-state index in [1.807, 2.05) is 0 Å². The molecule has 3 unspecified atom stereocenters. The molecule has 11 nitrogen and oxygen atoms in total. The number of esters is 3. The lowest BCUT2D eigenvalue weighted by atomic mass is 10.0. The summed E-state index contributed by atoms with van der Waals surface area (Å²) in [4.78, 5) is 48.8. The average molecular weight is 1170 g/mol. The van der Waals surface area contributed by atoms with Gasteiger partial charge in [0.25, 0.3) is 0 Å². The number of phosphoric ester groups is 1. The lowest BCUT2D eigenvalue weighted by Gasteiger charge is -2.21. The molecule has 0 rings (SSSR count). The van der Waals surface area contributed by atoms with Crippen LogP contribution in [0.3, 0.4) is 0 Å². The van der Waals surface area contributed by atoms with E-state index in [0.717, 1.165) is 135 Å². The second-order valence-corrected chi connectivity index (χ2v) is 23.3. The second kappa shape index (κ2) is 63.4. The van der Waals surface area contributed by atoms with Gasteiger partial charge in [-0.3, -0.25) is 23.4 Å². The Kier molecular flexibility index (Phi) is 60.6. The molecule has 2 N–H and O–H groups in total. The van der Waals surface area contributed by atoms with E-state index in [9.17, 15) is 28.9 Å². The molecule has 0 aromatic heterocycles. The molecule has 472 valence electrons. The van der Waals surface area contributed by atoms with Crippen molar-refractivity contribution in [3.63, 3.8) is 0 Å². The second-order valence-electron chi connectivity index (χ2n) is 21.9. The molecule has 0 bridgehead atoms. The number of carbonyl (C=O) groups is 3. The van der Waals surface area contributed by atoms with E-state index < -0.39 is 57.8 Å². The molecule has 0 aromatic rings. The normalized spacial score (nSPS) is 13.9. The zero-order valence-corrected chi connectivity index (χ0v) is 53.3. The van der Waals surface area contributed by atoms with Crippen molar-refractivity contribution in [1.29, 1.82) is 0 Å². The molecule has 0 spiro atoms. The highest BCUT2D eigenvalue weighted by molar-refractivity contribution is 7.47. The van der Waals surface area contributed by atoms with Gasteiger partial charge in [-0.15, -0.1) is 0 Å². The van der Waals surface area contributed by atoms with E-state index in [4.69, 9.17) is 23.3 Å². The number of rotatable bonds is 61. The van der Waals surface area contributed by atoms with Crippen LogP contribution in [0.5, 0.6) is 0 Å². The van der Waals surface area contributed by atoms with Crippen LogP contribution in [-0.2, 0) is 42.2 Å². The van der Waals surface area contributed by atoms with E-state index >= 15 is 0 Å². The number of aliphatic hydroxyl groups excluding tert-OH is 1. The summed E-state index contributed by atoms with van der Waals surface area (Å²) in [5.41, 5.74) is 0. The lowest BCUT2D eigenvalue weighted by Crippen LogP contribution is -2.30. The maximum atomic E-state index is 13.0. The first kappa shape index (κ1) is 78.4. The first-order chi connectivity index (χ1) is 40.2. The molecule has 0 heterocycles. The fraction of sp³-hybridized carbons (Fsp3) is 0.729. The Morgan fingerprint density at radius 1 is 0.354 bits per heavy atom. The maximum absolute atomic E-state index is 13.0. The summed E-state index contributed by atoms with van der Waals surface area (Å²) in [6.07, 6.45) is 76.4. The number of carbonyl (C=O) groups excluding carboxylic acids is 3. The highest BCUT2D eigenvalue weighted by Gasteiger charge is 2.28. The van der Waals surface area contributed by atoms with Gasteiger partial charge in [-0.05, 0) is 96.3 Å². The SMILES string of the molecule is CC/C=C\C/C=C\C/C=C\C/C=C\CCCCCCCCC(=O)OC(COC(=O)CCCCCCCCCCCCCCCCCCCCC)COP(=O)(O)OCC(CO)OC(=O)CCCCCC/C=C\C/C=C\C/C=C\C/C=C\CC.